The molecule has 0 bridgehead atoms. The monoisotopic (exact) mass is 495 g/mol. The molecule has 3 aromatic heterocycles. The lowest BCUT2D eigenvalue weighted by Gasteiger charge is -2.38. The number of amides is 1. The van der Waals surface area contributed by atoms with E-state index in [0.29, 0.717) is 11.8 Å². The molecule has 4 heterocycles. The zero-order valence-electron chi connectivity index (χ0n) is 18.8. The number of hydrogen-bond donors (Lipinski definition) is 4. The highest BCUT2D eigenvalue weighted by atomic mass is 19.4. The standard InChI is InChI=1S/C21H24F3N7O4/c1-10(2)31-9-27-19-13(31)4-3-11(29-19)20(34)26-5-14-18(33)17(32)12(8-35-14)28-16-7-25-6-15(30-16)21(22,23)24/h3-4,6-7,9-10,12,14,17-18,32-33H,5,8H2,1-2H3,(H,26,34)(H,28,30)/t12-,14+,17+,18-/m0/s1. The van der Waals surface area contributed by atoms with Crippen molar-refractivity contribution in [2.45, 2.75) is 50.4 Å². The van der Waals surface area contributed by atoms with Gasteiger partial charge in [0.2, 0.25) is 0 Å². The molecular formula is C21H24F3N7O4. The van der Waals surface area contributed by atoms with Gasteiger partial charge in [-0.25, -0.2) is 15.0 Å². The summed E-state index contributed by atoms with van der Waals surface area (Å²) in [5.41, 5.74) is 0.134. The van der Waals surface area contributed by atoms with E-state index in [2.05, 4.69) is 30.6 Å². The number of pyridine rings is 1. The highest BCUT2D eigenvalue weighted by molar-refractivity contribution is 5.94. The third kappa shape index (κ3) is 5.33. The molecular weight excluding hydrogens is 471 g/mol. The summed E-state index contributed by atoms with van der Waals surface area (Å²) in [5.74, 6) is -0.747. The molecule has 4 rings (SSSR count). The van der Waals surface area contributed by atoms with E-state index in [9.17, 15) is 28.2 Å². The van der Waals surface area contributed by atoms with E-state index in [0.717, 1.165) is 11.7 Å². The van der Waals surface area contributed by atoms with Crippen LogP contribution in [0.15, 0.2) is 30.9 Å². The van der Waals surface area contributed by atoms with Crippen molar-refractivity contribution in [3.05, 3.63) is 42.2 Å². The van der Waals surface area contributed by atoms with Crippen LogP contribution in [0.5, 0.6) is 0 Å². The molecule has 0 unspecified atom stereocenters. The lowest BCUT2D eigenvalue weighted by Crippen LogP contribution is -2.58. The Balaban J connectivity index is 1.35. The Morgan fingerprint density at radius 3 is 2.71 bits per heavy atom. The van der Waals surface area contributed by atoms with Gasteiger partial charge in [0, 0.05) is 12.6 Å². The van der Waals surface area contributed by atoms with Gasteiger partial charge in [0.25, 0.3) is 5.91 Å². The SMILES string of the molecule is CC(C)n1cnc2nc(C(=O)NC[C@H]3OC[C@H](Nc4cncc(C(F)(F)F)n4)[C@@H](O)[C@H]3O)ccc21. The Morgan fingerprint density at radius 1 is 1.23 bits per heavy atom. The first-order valence-corrected chi connectivity index (χ1v) is 10.8. The fourth-order valence-electron chi connectivity index (χ4n) is 3.69. The summed E-state index contributed by atoms with van der Waals surface area (Å²) in [4.78, 5) is 27.9. The average Bonchev–Trinajstić information content (AvgIpc) is 3.25. The molecule has 1 fully saturated rings. The molecule has 4 N–H and O–H groups in total. The van der Waals surface area contributed by atoms with Crippen LogP contribution >= 0.6 is 0 Å². The third-order valence-electron chi connectivity index (χ3n) is 5.58. The number of alkyl halides is 3. The van der Waals surface area contributed by atoms with Crippen LogP contribution in [-0.2, 0) is 10.9 Å². The summed E-state index contributed by atoms with van der Waals surface area (Å²) in [7, 11) is 0. The van der Waals surface area contributed by atoms with Crippen LogP contribution in [-0.4, -0.2) is 78.1 Å². The van der Waals surface area contributed by atoms with Gasteiger partial charge in [-0.3, -0.25) is 9.78 Å². The van der Waals surface area contributed by atoms with Gasteiger partial charge < -0.3 is 30.2 Å². The number of carbonyl (C=O) groups excluding carboxylic acids is 1. The van der Waals surface area contributed by atoms with E-state index in [4.69, 9.17) is 4.74 Å². The van der Waals surface area contributed by atoms with E-state index in [1.807, 2.05) is 18.4 Å². The van der Waals surface area contributed by atoms with Crippen molar-refractivity contribution >= 4 is 22.9 Å². The van der Waals surface area contributed by atoms with Gasteiger partial charge in [-0.15, -0.1) is 0 Å². The van der Waals surface area contributed by atoms with E-state index < -0.39 is 42.1 Å². The first kappa shape index (κ1) is 24.8. The molecule has 1 saturated heterocycles. The van der Waals surface area contributed by atoms with Crippen molar-refractivity contribution in [3.8, 4) is 0 Å². The quantitative estimate of drug-likeness (QED) is 0.395. The number of nitrogens with one attached hydrogen (secondary N) is 2. The van der Waals surface area contributed by atoms with Gasteiger partial charge in [0.1, 0.15) is 29.8 Å². The van der Waals surface area contributed by atoms with Crippen molar-refractivity contribution < 1.29 is 32.9 Å². The number of imidazole rings is 1. The summed E-state index contributed by atoms with van der Waals surface area (Å²) in [5, 5.41) is 26.1. The Hall–Kier alpha value is -3.36. The summed E-state index contributed by atoms with van der Waals surface area (Å²) in [6, 6.07) is 2.53. The fraction of sp³-hybridized carbons (Fsp3) is 0.476. The number of carbonyl (C=O) groups is 1. The molecule has 188 valence electrons. The molecule has 0 aliphatic carbocycles. The number of halogens is 3. The fourth-order valence-corrected chi connectivity index (χ4v) is 3.69. The molecule has 11 nitrogen and oxygen atoms in total. The topological polar surface area (TPSA) is 147 Å². The number of rotatable bonds is 6. The van der Waals surface area contributed by atoms with Gasteiger partial charge in [-0.1, -0.05) is 0 Å². The second-order valence-corrected chi connectivity index (χ2v) is 8.39. The third-order valence-corrected chi connectivity index (χ3v) is 5.58. The minimum atomic E-state index is -4.68. The van der Waals surface area contributed by atoms with Crippen molar-refractivity contribution in [1.29, 1.82) is 0 Å². The maximum absolute atomic E-state index is 12.8. The van der Waals surface area contributed by atoms with Crippen molar-refractivity contribution in [2.24, 2.45) is 0 Å². The van der Waals surface area contributed by atoms with Gasteiger partial charge in [-0.05, 0) is 26.0 Å². The second-order valence-electron chi connectivity index (χ2n) is 8.39. The molecule has 0 spiro atoms. The van der Waals surface area contributed by atoms with E-state index >= 15 is 0 Å². The summed E-state index contributed by atoms with van der Waals surface area (Å²) in [6.07, 6.45) is -5.18. The molecule has 0 aromatic carbocycles. The van der Waals surface area contributed by atoms with Gasteiger partial charge in [0.05, 0.1) is 36.9 Å². The van der Waals surface area contributed by atoms with Crippen LogP contribution in [0.3, 0.4) is 0 Å². The van der Waals surface area contributed by atoms with Crippen LogP contribution in [0.25, 0.3) is 11.2 Å². The summed E-state index contributed by atoms with van der Waals surface area (Å²) < 4.78 is 46.0. The molecule has 1 aliphatic rings. The number of nitrogens with zero attached hydrogens (tertiary/aromatic N) is 5. The highest BCUT2D eigenvalue weighted by Crippen LogP contribution is 2.28. The first-order chi connectivity index (χ1) is 16.5. The van der Waals surface area contributed by atoms with Gasteiger partial charge in [0.15, 0.2) is 11.3 Å². The number of aliphatic hydroxyl groups is 2. The van der Waals surface area contributed by atoms with Gasteiger partial charge in [-0.2, -0.15) is 13.2 Å². The van der Waals surface area contributed by atoms with Crippen molar-refractivity contribution in [2.75, 3.05) is 18.5 Å². The Kier molecular flexibility index (Phi) is 6.87. The Bertz CT molecular complexity index is 1200. The first-order valence-electron chi connectivity index (χ1n) is 10.8. The number of anilines is 1. The molecule has 14 heteroatoms. The maximum Gasteiger partial charge on any atom is 0.434 e. The lowest BCUT2D eigenvalue weighted by molar-refractivity contribution is -0.141. The highest BCUT2D eigenvalue weighted by Gasteiger charge is 2.39. The molecule has 1 aliphatic heterocycles. The summed E-state index contributed by atoms with van der Waals surface area (Å²) in [6.45, 7) is 3.71. The normalized spacial score (nSPS) is 23.0. The van der Waals surface area contributed by atoms with Crippen LogP contribution in [0.1, 0.15) is 36.1 Å². The molecule has 1 amide bonds. The minimum absolute atomic E-state index is 0.125. The molecule has 35 heavy (non-hydrogen) atoms. The molecule has 0 radical (unpaired) electrons. The second kappa shape index (κ2) is 9.71. The van der Waals surface area contributed by atoms with E-state index in [1.165, 1.54) is 0 Å². The minimum Gasteiger partial charge on any atom is -0.388 e. The number of fused-ring (bicyclic) bond motifs is 1. The number of aliphatic hydroxyl groups excluding tert-OH is 2. The largest absolute Gasteiger partial charge is 0.434 e. The molecule has 3 aromatic rings. The average molecular weight is 495 g/mol. The zero-order valence-corrected chi connectivity index (χ0v) is 18.8. The smallest absolute Gasteiger partial charge is 0.388 e. The van der Waals surface area contributed by atoms with Crippen LogP contribution < -0.4 is 10.6 Å². The van der Waals surface area contributed by atoms with Crippen LogP contribution in [0.4, 0.5) is 19.0 Å². The van der Waals surface area contributed by atoms with E-state index in [-0.39, 0.29) is 30.7 Å². The lowest BCUT2D eigenvalue weighted by atomic mass is 9.98. The molecule has 4 atom stereocenters. The number of aromatic nitrogens is 5. The zero-order chi connectivity index (χ0) is 25.3. The van der Waals surface area contributed by atoms with Crippen LogP contribution in [0, 0.1) is 0 Å². The predicted molar refractivity (Wildman–Crippen MR) is 116 cm³/mol. The Labute approximate surface area is 197 Å². The maximum atomic E-state index is 12.8. The molecule has 0 saturated carbocycles. The number of ether oxygens (including phenoxy) is 1. The number of hydrogen-bond acceptors (Lipinski definition) is 9. The van der Waals surface area contributed by atoms with Crippen molar-refractivity contribution in [1.82, 2.24) is 29.8 Å². The summed E-state index contributed by atoms with van der Waals surface area (Å²) >= 11 is 0. The van der Waals surface area contributed by atoms with E-state index in [1.54, 1.807) is 18.5 Å². The van der Waals surface area contributed by atoms with Gasteiger partial charge >= 0.3 is 6.18 Å². The van der Waals surface area contributed by atoms with Crippen molar-refractivity contribution in [3.63, 3.8) is 0 Å². The Morgan fingerprint density at radius 2 is 2.00 bits per heavy atom. The van der Waals surface area contributed by atoms with Crippen LogP contribution in [0.2, 0.25) is 0 Å². The predicted octanol–water partition coefficient (Wildman–Crippen LogP) is 1.15.